The van der Waals surface area contributed by atoms with Gasteiger partial charge >= 0.3 is 6.01 Å². The molecule has 1 amide bonds. The van der Waals surface area contributed by atoms with Gasteiger partial charge in [0.2, 0.25) is 6.41 Å². The molecule has 0 bridgehead atoms. The first-order valence-electron chi connectivity index (χ1n) is 8.99. The molecule has 3 aromatic rings. The molecule has 0 radical (unpaired) electrons. The number of anilines is 1. The molecule has 0 saturated heterocycles. The summed E-state index contributed by atoms with van der Waals surface area (Å²) in [7, 11) is 0. The summed E-state index contributed by atoms with van der Waals surface area (Å²) >= 11 is 0. The van der Waals surface area contributed by atoms with Crippen molar-refractivity contribution in [1.29, 1.82) is 0 Å². The maximum absolute atomic E-state index is 9.96. The monoisotopic (exact) mass is 351 g/mol. The van der Waals surface area contributed by atoms with E-state index in [4.69, 9.17) is 9.15 Å². The van der Waals surface area contributed by atoms with Gasteiger partial charge in [-0.2, -0.15) is 4.98 Å². The van der Waals surface area contributed by atoms with Gasteiger partial charge in [0.15, 0.2) is 0 Å². The first kappa shape index (κ1) is 16.6. The third-order valence-corrected chi connectivity index (χ3v) is 4.64. The number of carbonyl (C=O) groups excluding carboxylic acids is 1. The summed E-state index contributed by atoms with van der Waals surface area (Å²) in [6.45, 7) is 0. The third-order valence-electron chi connectivity index (χ3n) is 4.64. The lowest BCUT2D eigenvalue weighted by Crippen LogP contribution is -2.24. The van der Waals surface area contributed by atoms with Crippen LogP contribution in [-0.4, -0.2) is 22.5 Å². The van der Waals surface area contributed by atoms with Gasteiger partial charge in [0.05, 0.1) is 11.8 Å². The fourth-order valence-corrected chi connectivity index (χ4v) is 2.81. The van der Waals surface area contributed by atoms with Crippen LogP contribution in [0.2, 0.25) is 0 Å². The Hall–Kier alpha value is -2.89. The van der Waals surface area contributed by atoms with Crippen LogP contribution in [0.1, 0.15) is 43.7 Å². The largest absolute Gasteiger partial charge is 0.488 e. The van der Waals surface area contributed by atoms with Crippen LogP contribution in [0.25, 0.3) is 10.9 Å². The molecule has 2 aromatic heterocycles. The van der Waals surface area contributed by atoms with E-state index in [9.17, 15) is 4.79 Å². The number of hydrogen-bond donors (Lipinski definition) is 1. The van der Waals surface area contributed by atoms with E-state index in [1.54, 1.807) is 6.26 Å². The van der Waals surface area contributed by atoms with Gasteiger partial charge in [0.25, 0.3) is 0 Å². The van der Waals surface area contributed by atoms with Crippen molar-refractivity contribution in [3.63, 3.8) is 0 Å². The Morgan fingerprint density at radius 2 is 2.00 bits per heavy atom. The predicted molar refractivity (Wildman–Crippen MR) is 98.2 cm³/mol. The van der Waals surface area contributed by atoms with Crippen LogP contribution in [0, 0.1) is 0 Å². The molecule has 6 heteroatoms. The highest BCUT2D eigenvalue weighted by Gasteiger charge is 2.26. The van der Waals surface area contributed by atoms with Crippen LogP contribution in [0.5, 0.6) is 5.75 Å². The molecule has 1 N–H and O–H groups in total. The molecule has 6 nitrogen and oxygen atoms in total. The van der Waals surface area contributed by atoms with Gasteiger partial charge in [-0.3, -0.25) is 15.1 Å². The number of benzene rings is 1. The Bertz CT molecular complexity index is 879. The summed E-state index contributed by atoms with van der Waals surface area (Å²) in [4.78, 5) is 18.4. The molecule has 0 atom stereocenters. The normalized spacial score (nSPS) is 16.3. The van der Waals surface area contributed by atoms with E-state index in [0.717, 1.165) is 22.3 Å². The van der Waals surface area contributed by atoms with E-state index in [-0.39, 0.29) is 0 Å². The zero-order valence-corrected chi connectivity index (χ0v) is 14.4. The molecule has 1 aromatic carbocycles. The molecule has 2 heterocycles. The average Bonchev–Trinajstić information content (AvgIpc) is 3.39. The Kier molecular flexibility index (Phi) is 4.82. The van der Waals surface area contributed by atoms with Gasteiger partial charge in [-0.1, -0.05) is 18.2 Å². The molecule has 0 spiro atoms. The molecule has 2 aliphatic rings. The molecule has 0 unspecified atom stereocenters. The number of hydrogen-bond acceptors (Lipinski definition) is 5. The summed E-state index contributed by atoms with van der Waals surface area (Å²) in [6.07, 6.45) is 10.4. The minimum atomic E-state index is 0.293. The van der Waals surface area contributed by atoms with Crippen molar-refractivity contribution in [2.24, 2.45) is 0 Å². The van der Waals surface area contributed by atoms with Crippen LogP contribution in [0.3, 0.4) is 0 Å². The SMILES string of the molecule is O=CNc1nc(C2CC2)co1.c1cnc2c(OC3CCC3)cccc2c1. The fraction of sp³-hybridized carbons (Fsp3) is 0.350. The number of carbonyl (C=O) groups is 1. The molecule has 2 fully saturated rings. The van der Waals surface area contributed by atoms with E-state index in [1.807, 2.05) is 24.4 Å². The molecule has 134 valence electrons. The Balaban J connectivity index is 0.000000136. The number of ether oxygens (including phenoxy) is 1. The van der Waals surface area contributed by atoms with Crippen LogP contribution >= 0.6 is 0 Å². The number of fused-ring (bicyclic) bond motifs is 1. The predicted octanol–water partition coefficient (Wildman–Crippen LogP) is 4.29. The number of amides is 1. The highest BCUT2D eigenvalue weighted by molar-refractivity contribution is 5.84. The maximum atomic E-state index is 9.96. The second kappa shape index (κ2) is 7.56. The fourth-order valence-electron chi connectivity index (χ4n) is 2.81. The minimum Gasteiger partial charge on any atom is -0.488 e. The summed E-state index contributed by atoms with van der Waals surface area (Å²) < 4.78 is 10.9. The van der Waals surface area contributed by atoms with Crippen molar-refractivity contribution in [3.05, 3.63) is 48.5 Å². The zero-order chi connectivity index (χ0) is 17.8. The highest BCUT2D eigenvalue weighted by atomic mass is 16.5. The molecule has 2 saturated carbocycles. The number of rotatable bonds is 5. The smallest absolute Gasteiger partial charge is 0.301 e. The molecule has 26 heavy (non-hydrogen) atoms. The summed E-state index contributed by atoms with van der Waals surface area (Å²) in [5, 5.41) is 3.50. The van der Waals surface area contributed by atoms with Crippen molar-refractivity contribution in [2.75, 3.05) is 5.32 Å². The first-order chi connectivity index (χ1) is 12.8. The van der Waals surface area contributed by atoms with Gasteiger partial charge in [-0.05, 0) is 44.2 Å². The molecule has 0 aliphatic heterocycles. The van der Waals surface area contributed by atoms with Gasteiger partial charge in [-0.25, -0.2) is 0 Å². The third kappa shape index (κ3) is 3.85. The van der Waals surface area contributed by atoms with Crippen LogP contribution in [0.15, 0.2) is 47.2 Å². The summed E-state index contributed by atoms with van der Waals surface area (Å²) in [5.74, 6) is 1.50. The van der Waals surface area contributed by atoms with Gasteiger partial charge in [0.1, 0.15) is 17.5 Å². The van der Waals surface area contributed by atoms with E-state index >= 15 is 0 Å². The molecule has 5 rings (SSSR count). The van der Waals surface area contributed by atoms with Crippen LogP contribution < -0.4 is 10.1 Å². The van der Waals surface area contributed by atoms with Crippen LogP contribution in [0.4, 0.5) is 6.01 Å². The topological polar surface area (TPSA) is 77.3 Å². The Labute approximate surface area is 151 Å². The standard InChI is InChI=1S/C13H13NO.C7H8N2O2/c1-4-10-5-3-9-14-13(10)12(8-1)15-11-6-2-7-11;10-4-8-7-9-6(3-11-7)5-1-2-5/h1,3-5,8-9,11H,2,6-7H2;3-5H,1-2H2,(H,8,9,10). The van der Waals surface area contributed by atoms with Crippen molar-refractivity contribution < 1.29 is 13.9 Å². The molecule has 2 aliphatic carbocycles. The van der Waals surface area contributed by atoms with Gasteiger partial charge in [0, 0.05) is 17.5 Å². The average molecular weight is 351 g/mol. The van der Waals surface area contributed by atoms with Crippen LogP contribution in [-0.2, 0) is 4.79 Å². The highest BCUT2D eigenvalue weighted by Crippen LogP contribution is 2.39. The first-order valence-corrected chi connectivity index (χ1v) is 8.99. The Morgan fingerprint density at radius 3 is 2.73 bits per heavy atom. The van der Waals surface area contributed by atoms with E-state index in [2.05, 4.69) is 27.4 Å². The molecular formula is C20H21N3O3. The zero-order valence-electron chi connectivity index (χ0n) is 14.4. The lowest BCUT2D eigenvalue weighted by atomic mass is 9.96. The lowest BCUT2D eigenvalue weighted by Gasteiger charge is -2.26. The summed E-state index contributed by atoms with van der Waals surface area (Å²) in [5.41, 5.74) is 1.93. The van der Waals surface area contributed by atoms with E-state index in [1.165, 1.54) is 32.1 Å². The number of oxazole rings is 1. The summed E-state index contributed by atoms with van der Waals surface area (Å²) in [6, 6.07) is 10.4. The van der Waals surface area contributed by atoms with E-state index in [0.29, 0.717) is 24.4 Å². The van der Waals surface area contributed by atoms with Crippen molar-refractivity contribution in [1.82, 2.24) is 9.97 Å². The second-order valence-electron chi connectivity index (χ2n) is 6.62. The minimum absolute atomic E-state index is 0.293. The number of nitrogens with zero attached hydrogens (tertiary/aromatic N) is 2. The van der Waals surface area contributed by atoms with Crippen molar-refractivity contribution in [3.8, 4) is 5.75 Å². The number of aromatic nitrogens is 2. The quantitative estimate of drug-likeness (QED) is 0.694. The lowest BCUT2D eigenvalue weighted by molar-refractivity contribution is -0.105. The van der Waals surface area contributed by atoms with E-state index < -0.39 is 0 Å². The van der Waals surface area contributed by atoms with Crippen molar-refractivity contribution >= 4 is 23.3 Å². The van der Waals surface area contributed by atoms with Crippen molar-refractivity contribution in [2.45, 2.75) is 44.1 Å². The number of nitrogens with one attached hydrogen (secondary N) is 1. The van der Waals surface area contributed by atoms with Gasteiger partial charge < -0.3 is 9.15 Å². The van der Waals surface area contributed by atoms with Gasteiger partial charge in [-0.15, -0.1) is 0 Å². The number of pyridine rings is 1. The molecular weight excluding hydrogens is 330 g/mol. The Morgan fingerprint density at radius 1 is 1.15 bits per heavy atom. The second-order valence-corrected chi connectivity index (χ2v) is 6.62. The maximum Gasteiger partial charge on any atom is 0.301 e. The number of para-hydroxylation sites is 1.